The summed E-state index contributed by atoms with van der Waals surface area (Å²) in [6, 6.07) is 7.47. The monoisotopic (exact) mass is 445 g/mol. The fraction of sp³-hybridized carbons (Fsp3) is 0.333. The van der Waals surface area contributed by atoms with Crippen LogP contribution in [0.15, 0.2) is 48.6 Å². The first-order valence-corrected chi connectivity index (χ1v) is 10.2. The molecule has 0 aliphatic heterocycles. The predicted molar refractivity (Wildman–Crippen MR) is 114 cm³/mol. The summed E-state index contributed by atoms with van der Waals surface area (Å²) in [5, 5.41) is 2.68. The molecule has 1 amide bonds. The summed E-state index contributed by atoms with van der Waals surface area (Å²) in [4.78, 5) is 25.2. The minimum absolute atomic E-state index is 0.220. The van der Waals surface area contributed by atoms with Gasteiger partial charge in [0.15, 0.2) is 11.5 Å². The van der Waals surface area contributed by atoms with Crippen molar-refractivity contribution in [2.45, 2.75) is 25.3 Å². The molecule has 0 aromatic heterocycles. The predicted octanol–water partition coefficient (Wildman–Crippen LogP) is 4.00. The maximum atomic E-state index is 13.9. The van der Waals surface area contributed by atoms with Gasteiger partial charge in [0, 0.05) is 6.04 Å². The number of rotatable bonds is 8. The highest BCUT2D eigenvalue weighted by molar-refractivity contribution is 5.94. The third-order valence-electron chi connectivity index (χ3n) is 5.34. The van der Waals surface area contributed by atoms with E-state index in [4.69, 9.17) is 14.2 Å². The fourth-order valence-electron chi connectivity index (χ4n) is 3.84. The molecular formula is C24H25F2NO5. The van der Waals surface area contributed by atoms with Crippen LogP contribution in [0.5, 0.6) is 11.5 Å². The third kappa shape index (κ3) is 5.07. The average molecular weight is 445 g/mol. The van der Waals surface area contributed by atoms with E-state index in [0.717, 1.165) is 18.2 Å². The molecule has 3 atom stereocenters. The zero-order valence-electron chi connectivity index (χ0n) is 18.1. The SMILES string of the molecule is CCOC(=O)[C@H](c1ccc(OC)c(OC)c1)[C@@H]1C=C[C@@H](NC(=O)c2cc(F)ccc2F)C1. The smallest absolute Gasteiger partial charge is 0.314 e. The minimum Gasteiger partial charge on any atom is -0.493 e. The molecule has 2 aromatic rings. The van der Waals surface area contributed by atoms with Crippen molar-refractivity contribution in [3.8, 4) is 11.5 Å². The van der Waals surface area contributed by atoms with Crippen LogP contribution in [0, 0.1) is 17.6 Å². The molecule has 0 saturated carbocycles. The van der Waals surface area contributed by atoms with Gasteiger partial charge in [0.2, 0.25) is 0 Å². The van der Waals surface area contributed by atoms with Crippen LogP contribution in [0.3, 0.4) is 0 Å². The highest BCUT2D eigenvalue weighted by Crippen LogP contribution is 2.38. The summed E-state index contributed by atoms with van der Waals surface area (Å²) < 4.78 is 43.3. The van der Waals surface area contributed by atoms with E-state index in [1.807, 2.05) is 6.08 Å². The number of amides is 1. The number of hydrogen-bond donors (Lipinski definition) is 1. The summed E-state index contributed by atoms with van der Waals surface area (Å²) in [5.41, 5.74) is 0.308. The van der Waals surface area contributed by atoms with Crippen LogP contribution in [-0.4, -0.2) is 38.7 Å². The van der Waals surface area contributed by atoms with E-state index in [2.05, 4.69) is 5.32 Å². The van der Waals surface area contributed by atoms with Gasteiger partial charge in [0.05, 0.1) is 32.3 Å². The molecule has 0 heterocycles. The van der Waals surface area contributed by atoms with Gasteiger partial charge in [-0.05, 0) is 55.2 Å². The number of hydrogen-bond acceptors (Lipinski definition) is 5. The molecule has 3 rings (SSSR count). The van der Waals surface area contributed by atoms with Crippen molar-refractivity contribution in [3.63, 3.8) is 0 Å². The second-order valence-electron chi connectivity index (χ2n) is 7.33. The van der Waals surface area contributed by atoms with E-state index in [1.54, 1.807) is 31.2 Å². The maximum Gasteiger partial charge on any atom is 0.314 e. The van der Waals surface area contributed by atoms with Gasteiger partial charge in [-0.1, -0.05) is 18.2 Å². The molecule has 0 unspecified atom stereocenters. The quantitative estimate of drug-likeness (QED) is 0.491. The Morgan fingerprint density at radius 1 is 1.06 bits per heavy atom. The Morgan fingerprint density at radius 2 is 1.81 bits per heavy atom. The summed E-state index contributed by atoms with van der Waals surface area (Å²) in [7, 11) is 3.03. The molecule has 0 fully saturated rings. The molecule has 0 spiro atoms. The minimum atomic E-state index is -0.808. The molecule has 0 bridgehead atoms. The normalized spacial score (nSPS) is 18.2. The van der Waals surface area contributed by atoms with Crippen molar-refractivity contribution in [1.82, 2.24) is 5.32 Å². The van der Waals surface area contributed by atoms with Crippen LogP contribution in [-0.2, 0) is 9.53 Å². The fourth-order valence-corrected chi connectivity index (χ4v) is 3.84. The second kappa shape index (κ2) is 10.3. The lowest BCUT2D eigenvalue weighted by atomic mass is 9.85. The molecular weight excluding hydrogens is 420 g/mol. The lowest BCUT2D eigenvalue weighted by Crippen LogP contribution is -2.34. The maximum absolute atomic E-state index is 13.9. The summed E-state index contributed by atoms with van der Waals surface area (Å²) in [6.45, 7) is 1.95. The van der Waals surface area contributed by atoms with E-state index < -0.39 is 35.5 Å². The van der Waals surface area contributed by atoms with E-state index in [9.17, 15) is 18.4 Å². The lowest BCUT2D eigenvalue weighted by molar-refractivity contribution is -0.146. The van der Waals surface area contributed by atoms with E-state index >= 15 is 0 Å². The van der Waals surface area contributed by atoms with Crippen LogP contribution in [0.25, 0.3) is 0 Å². The van der Waals surface area contributed by atoms with E-state index in [-0.39, 0.29) is 18.1 Å². The van der Waals surface area contributed by atoms with Crippen molar-refractivity contribution in [1.29, 1.82) is 0 Å². The van der Waals surface area contributed by atoms with Gasteiger partial charge in [-0.3, -0.25) is 9.59 Å². The van der Waals surface area contributed by atoms with Crippen LogP contribution >= 0.6 is 0 Å². The van der Waals surface area contributed by atoms with Gasteiger partial charge in [-0.25, -0.2) is 8.78 Å². The Balaban J connectivity index is 1.79. The number of benzene rings is 2. The zero-order valence-corrected chi connectivity index (χ0v) is 18.1. The molecule has 0 radical (unpaired) electrons. The van der Waals surface area contributed by atoms with Gasteiger partial charge in [0.1, 0.15) is 11.6 Å². The molecule has 32 heavy (non-hydrogen) atoms. The topological polar surface area (TPSA) is 73.9 Å². The van der Waals surface area contributed by atoms with Crippen molar-refractivity contribution < 1.29 is 32.6 Å². The van der Waals surface area contributed by atoms with Crippen molar-refractivity contribution >= 4 is 11.9 Å². The summed E-state index contributed by atoms with van der Waals surface area (Å²) in [6.07, 6.45) is 3.96. The van der Waals surface area contributed by atoms with Crippen LogP contribution < -0.4 is 14.8 Å². The van der Waals surface area contributed by atoms with Gasteiger partial charge < -0.3 is 19.5 Å². The Morgan fingerprint density at radius 3 is 2.50 bits per heavy atom. The van der Waals surface area contributed by atoms with Crippen molar-refractivity contribution in [3.05, 3.63) is 71.3 Å². The van der Waals surface area contributed by atoms with E-state index in [0.29, 0.717) is 23.5 Å². The number of ether oxygens (including phenoxy) is 3. The van der Waals surface area contributed by atoms with Gasteiger partial charge in [-0.15, -0.1) is 0 Å². The summed E-state index contributed by atoms with van der Waals surface area (Å²) >= 11 is 0. The first kappa shape index (κ1) is 23.2. The van der Waals surface area contributed by atoms with Gasteiger partial charge in [0.25, 0.3) is 5.91 Å². The third-order valence-corrected chi connectivity index (χ3v) is 5.34. The Kier molecular flexibility index (Phi) is 7.45. The Hall–Kier alpha value is -3.42. The number of nitrogens with one attached hydrogen (secondary N) is 1. The number of esters is 1. The highest BCUT2D eigenvalue weighted by Gasteiger charge is 2.35. The van der Waals surface area contributed by atoms with Gasteiger partial charge in [-0.2, -0.15) is 0 Å². The Labute approximate surface area is 185 Å². The number of carbonyl (C=O) groups excluding carboxylic acids is 2. The standard InChI is InChI=1S/C24H25F2NO5/c1-4-32-24(29)22(15-6-10-20(30-2)21(12-15)31-3)14-5-8-17(11-14)27-23(28)18-13-16(25)7-9-19(18)26/h5-10,12-14,17,22H,4,11H2,1-3H3,(H,27,28)/t14-,17-,22+/m1/s1. The second-order valence-corrected chi connectivity index (χ2v) is 7.33. The molecule has 1 N–H and O–H groups in total. The average Bonchev–Trinajstić information content (AvgIpc) is 3.23. The molecule has 170 valence electrons. The Bertz CT molecular complexity index is 1020. The lowest BCUT2D eigenvalue weighted by Gasteiger charge is -2.23. The number of carbonyl (C=O) groups is 2. The zero-order chi connectivity index (χ0) is 23.3. The molecule has 6 nitrogen and oxygen atoms in total. The van der Waals surface area contributed by atoms with Crippen molar-refractivity contribution in [2.24, 2.45) is 5.92 Å². The molecule has 0 saturated heterocycles. The summed E-state index contributed by atoms with van der Waals surface area (Å²) in [5.74, 6) is -2.55. The molecule has 1 aliphatic rings. The van der Waals surface area contributed by atoms with Crippen LogP contribution in [0.1, 0.15) is 35.2 Å². The number of allylic oxidation sites excluding steroid dienone is 1. The largest absolute Gasteiger partial charge is 0.493 e. The van der Waals surface area contributed by atoms with Crippen molar-refractivity contribution in [2.75, 3.05) is 20.8 Å². The first-order valence-electron chi connectivity index (χ1n) is 10.2. The number of methoxy groups -OCH3 is 2. The molecule has 2 aromatic carbocycles. The van der Waals surface area contributed by atoms with E-state index in [1.165, 1.54) is 14.2 Å². The first-order chi connectivity index (χ1) is 15.4. The molecule has 1 aliphatic carbocycles. The highest BCUT2D eigenvalue weighted by atomic mass is 19.1. The van der Waals surface area contributed by atoms with Crippen LogP contribution in [0.2, 0.25) is 0 Å². The number of halogens is 2. The van der Waals surface area contributed by atoms with Gasteiger partial charge >= 0.3 is 5.97 Å². The molecule has 8 heteroatoms. The van der Waals surface area contributed by atoms with Crippen LogP contribution in [0.4, 0.5) is 8.78 Å².